The Morgan fingerprint density at radius 3 is 2.73 bits per heavy atom. The predicted octanol–water partition coefficient (Wildman–Crippen LogP) is 0.649. The first-order valence-corrected chi connectivity index (χ1v) is 7.97. The van der Waals surface area contributed by atoms with E-state index in [0.717, 1.165) is 17.9 Å². The van der Waals surface area contributed by atoms with Gasteiger partial charge < -0.3 is 21.1 Å². The van der Waals surface area contributed by atoms with Gasteiger partial charge in [-0.15, -0.1) is 11.3 Å². The number of nitriles is 2. The number of nitrogens with zero attached hydrogens (tertiary/aromatic N) is 5. The van der Waals surface area contributed by atoms with Gasteiger partial charge >= 0.3 is 0 Å². The van der Waals surface area contributed by atoms with Crippen LogP contribution in [0.15, 0.2) is 21.8 Å². The number of hydrogen-bond acceptors (Lipinski definition) is 8. The summed E-state index contributed by atoms with van der Waals surface area (Å²) in [7, 11) is 3.46. The summed E-state index contributed by atoms with van der Waals surface area (Å²) in [6, 6.07) is 3.73. The lowest BCUT2D eigenvalue weighted by Crippen LogP contribution is -2.23. The molecule has 5 N–H and O–H groups in total. The van der Waals surface area contributed by atoms with Gasteiger partial charge in [0.25, 0.3) is 0 Å². The summed E-state index contributed by atoms with van der Waals surface area (Å²) in [6.45, 7) is 0. The number of rotatable bonds is 7. The fourth-order valence-corrected chi connectivity index (χ4v) is 3.12. The van der Waals surface area contributed by atoms with E-state index in [9.17, 15) is 0 Å². The van der Waals surface area contributed by atoms with E-state index in [4.69, 9.17) is 22.0 Å². The van der Waals surface area contributed by atoms with Gasteiger partial charge in [-0.2, -0.15) is 15.5 Å². The SMILES string of the molecule is CNC(=C(C#N)C#N)N(C)SCCc1csc(N=C(N)N)n1. The Kier molecular flexibility index (Phi) is 7.02. The number of nitrogens with two attached hydrogens (primary N) is 2. The zero-order chi connectivity index (χ0) is 16.5. The predicted molar refractivity (Wildman–Crippen MR) is 88.8 cm³/mol. The molecular weight excluding hydrogens is 320 g/mol. The third-order valence-corrected chi connectivity index (χ3v) is 4.16. The number of guanidine groups is 1. The first-order valence-electron chi connectivity index (χ1n) is 6.14. The van der Waals surface area contributed by atoms with Crippen molar-refractivity contribution in [2.45, 2.75) is 6.42 Å². The summed E-state index contributed by atoms with van der Waals surface area (Å²) in [5.74, 6) is 1.20. The van der Waals surface area contributed by atoms with Crippen LogP contribution in [-0.4, -0.2) is 35.1 Å². The topological polar surface area (TPSA) is 140 Å². The van der Waals surface area contributed by atoms with Crippen LogP contribution in [-0.2, 0) is 6.42 Å². The average molecular weight is 336 g/mol. The summed E-state index contributed by atoms with van der Waals surface area (Å²) in [6.07, 6.45) is 0.719. The van der Waals surface area contributed by atoms with E-state index in [-0.39, 0.29) is 11.5 Å². The van der Waals surface area contributed by atoms with Crippen molar-refractivity contribution < 1.29 is 0 Å². The highest BCUT2D eigenvalue weighted by atomic mass is 32.2. The molecule has 0 aliphatic rings. The van der Waals surface area contributed by atoms with E-state index in [1.54, 1.807) is 18.4 Å². The van der Waals surface area contributed by atoms with Gasteiger partial charge in [0.15, 0.2) is 11.5 Å². The Balaban J connectivity index is 2.59. The summed E-state index contributed by atoms with van der Waals surface area (Å²) in [4.78, 5) is 8.17. The van der Waals surface area contributed by atoms with Crippen molar-refractivity contribution in [2.75, 3.05) is 19.8 Å². The van der Waals surface area contributed by atoms with Gasteiger partial charge in [0.2, 0.25) is 5.13 Å². The second-order valence-corrected chi connectivity index (χ2v) is 5.99. The van der Waals surface area contributed by atoms with Crippen LogP contribution in [0.5, 0.6) is 0 Å². The van der Waals surface area contributed by atoms with Crippen LogP contribution in [0.2, 0.25) is 0 Å². The van der Waals surface area contributed by atoms with Crippen LogP contribution < -0.4 is 16.8 Å². The minimum absolute atomic E-state index is 0.0145. The highest BCUT2D eigenvalue weighted by molar-refractivity contribution is 7.97. The lowest BCUT2D eigenvalue weighted by molar-refractivity contribution is 0.630. The molecule has 0 atom stereocenters. The van der Waals surface area contributed by atoms with E-state index < -0.39 is 0 Å². The van der Waals surface area contributed by atoms with Gasteiger partial charge in [-0.1, -0.05) is 0 Å². The van der Waals surface area contributed by atoms with Gasteiger partial charge in [-0.3, -0.25) is 0 Å². The number of aryl methyl sites for hydroxylation is 1. The first kappa shape index (κ1) is 17.6. The lowest BCUT2D eigenvalue weighted by atomic mass is 10.3. The number of aliphatic imine (C=N–C) groups is 1. The van der Waals surface area contributed by atoms with Crippen molar-refractivity contribution in [1.29, 1.82) is 10.5 Å². The maximum absolute atomic E-state index is 8.91. The van der Waals surface area contributed by atoms with Gasteiger partial charge in [0, 0.05) is 31.6 Å². The van der Waals surface area contributed by atoms with Crippen molar-refractivity contribution in [2.24, 2.45) is 16.5 Å². The maximum atomic E-state index is 8.91. The van der Waals surface area contributed by atoms with Crippen LogP contribution in [0, 0.1) is 22.7 Å². The van der Waals surface area contributed by atoms with Crippen molar-refractivity contribution >= 4 is 34.4 Å². The van der Waals surface area contributed by atoms with Crippen molar-refractivity contribution in [3.63, 3.8) is 0 Å². The van der Waals surface area contributed by atoms with E-state index in [1.165, 1.54) is 23.3 Å². The van der Waals surface area contributed by atoms with Crippen molar-refractivity contribution in [3.05, 3.63) is 22.5 Å². The molecule has 0 unspecified atom stereocenters. The van der Waals surface area contributed by atoms with E-state index in [0.29, 0.717) is 11.0 Å². The van der Waals surface area contributed by atoms with Crippen LogP contribution in [0.4, 0.5) is 5.13 Å². The quantitative estimate of drug-likeness (QED) is 0.285. The molecule has 0 aliphatic heterocycles. The zero-order valence-electron chi connectivity index (χ0n) is 12.2. The standard InChI is InChI=1S/C12H16N8S2/c1-17-10(8(5-13)6-14)20(2)22-4-3-9-7-21-12(18-9)19-11(15)16/h7,17H,3-4H2,1-2H3,(H4,15,16,18,19). The van der Waals surface area contributed by atoms with Crippen LogP contribution in [0.1, 0.15) is 5.69 Å². The molecule has 1 aromatic heterocycles. The summed E-state index contributed by atoms with van der Waals surface area (Å²) in [5.41, 5.74) is 11.5. The number of nitrogens with one attached hydrogen (secondary N) is 1. The zero-order valence-corrected chi connectivity index (χ0v) is 13.8. The third kappa shape index (κ3) is 5.16. The Morgan fingerprint density at radius 2 is 2.18 bits per heavy atom. The molecule has 1 rings (SSSR count). The highest BCUT2D eigenvalue weighted by Gasteiger charge is 2.11. The third-order valence-electron chi connectivity index (χ3n) is 2.42. The van der Waals surface area contributed by atoms with E-state index in [2.05, 4.69) is 15.3 Å². The summed E-state index contributed by atoms with van der Waals surface area (Å²) >= 11 is 2.85. The number of thiazole rings is 1. The lowest BCUT2D eigenvalue weighted by Gasteiger charge is -2.20. The summed E-state index contributed by atoms with van der Waals surface area (Å²) < 4.78 is 1.76. The Morgan fingerprint density at radius 1 is 1.50 bits per heavy atom. The van der Waals surface area contributed by atoms with Crippen molar-refractivity contribution in [3.8, 4) is 12.1 Å². The molecule has 0 saturated carbocycles. The molecule has 0 aliphatic carbocycles. The molecule has 0 saturated heterocycles. The molecule has 1 aromatic rings. The molecule has 0 bridgehead atoms. The molecule has 10 heteroatoms. The van der Waals surface area contributed by atoms with Crippen molar-refractivity contribution in [1.82, 2.24) is 14.6 Å². The molecule has 0 spiro atoms. The molecule has 22 heavy (non-hydrogen) atoms. The molecule has 8 nitrogen and oxygen atoms in total. The maximum Gasteiger partial charge on any atom is 0.212 e. The van der Waals surface area contributed by atoms with E-state index in [1.807, 2.05) is 17.5 Å². The second kappa shape index (κ2) is 8.77. The Labute approximate surface area is 137 Å². The number of aromatic nitrogens is 1. The molecule has 116 valence electrons. The molecule has 0 fully saturated rings. The second-order valence-electron chi connectivity index (χ2n) is 3.94. The first-order chi connectivity index (χ1) is 10.5. The highest BCUT2D eigenvalue weighted by Crippen LogP contribution is 2.21. The molecule has 0 radical (unpaired) electrons. The number of allylic oxidation sites excluding steroid dienone is 1. The Bertz CT molecular complexity index is 629. The van der Waals surface area contributed by atoms with Gasteiger partial charge in [-0.05, 0) is 11.9 Å². The van der Waals surface area contributed by atoms with Crippen LogP contribution >= 0.6 is 23.3 Å². The molecular formula is C12H16N8S2. The molecule has 0 aromatic carbocycles. The normalized spacial score (nSPS) is 9.27. The summed E-state index contributed by atoms with van der Waals surface area (Å²) in [5, 5.41) is 23.1. The minimum Gasteiger partial charge on any atom is -0.372 e. The average Bonchev–Trinajstić information content (AvgIpc) is 2.90. The smallest absolute Gasteiger partial charge is 0.212 e. The van der Waals surface area contributed by atoms with Gasteiger partial charge in [0.1, 0.15) is 18.0 Å². The van der Waals surface area contributed by atoms with Gasteiger partial charge in [0.05, 0.1) is 5.69 Å². The van der Waals surface area contributed by atoms with Crippen LogP contribution in [0.3, 0.4) is 0 Å². The molecule has 0 amide bonds. The fraction of sp³-hybridized carbons (Fsp3) is 0.333. The minimum atomic E-state index is -0.0145. The van der Waals surface area contributed by atoms with Crippen LogP contribution in [0.25, 0.3) is 0 Å². The molecule has 1 heterocycles. The monoisotopic (exact) mass is 336 g/mol. The van der Waals surface area contributed by atoms with Gasteiger partial charge in [-0.25, -0.2) is 4.98 Å². The number of hydrogen-bond donors (Lipinski definition) is 3. The largest absolute Gasteiger partial charge is 0.372 e. The Hall–Kier alpha value is -2.43. The van der Waals surface area contributed by atoms with E-state index >= 15 is 0 Å². The fourth-order valence-electron chi connectivity index (χ4n) is 1.50.